The van der Waals surface area contributed by atoms with E-state index in [9.17, 15) is 19.2 Å². The van der Waals surface area contributed by atoms with Gasteiger partial charge in [-0.25, -0.2) is 23.9 Å². The van der Waals surface area contributed by atoms with Crippen LogP contribution in [0, 0.1) is 16.6 Å². The molecule has 4 aromatic rings. The highest BCUT2D eigenvalue weighted by molar-refractivity contribution is 7.99. The summed E-state index contributed by atoms with van der Waals surface area (Å²) >= 11 is 8.35. The van der Waals surface area contributed by atoms with E-state index < -0.39 is 47.0 Å². The number of carbonyl (C=O) groups excluding carboxylic acids is 4. The Kier molecular flexibility index (Phi) is 13.2. The van der Waals surface area contributed by atoms with Crippen molar-refractivity contribution in [2.75, 3.05) is 33.6 Å². The van der Waals surface area contributed by atoms with E-state index in [0.29, 0.717) is 60.0 Å². The van der Waals surface area contributed by atoms with Crippen LogP contribution in [0.5, 0.6) is 0 Å². The highest BCUT2D eigenvalue weighted by Crippen LogP contribution is 2.40. The van der Waals surface area contributed by atoms with Crippen molar-refractivity contribution >= 4 is 47.4 Å². The zero-order valence-electron chi connectivity index (χ0n) is 35.4. The van der Waals surface area contributed by atoms with E-state index in [1.54, 1.807) is 39.9 Å². The molecule has 2 aromatic carbocycles. The van der Waals surface area contributed by atoms with Crippen molar-refractivity contribution in [3.05, 3.63) is 71.3 Å². The second-order valence-electron chi connectivity index (χ2n) is 17.4. The lowest BCUT2D eigenvalue weighted by Gasteiger charge is -2.35. The molecule has 60 heavy (non-hydrogen) atoms. The molecule has 2 saturated heterocycles. The maximum atomic E-state index is 15.9. The van der Waals surface area contributed by atoms with Crippen LogP contribution < -0.4 is 10.6 Å². The number of amides is 4. The second kappa shape index (κ2) is 17.9. The third-order valence-electron chi connectivity index (χ3n) is 11.2. The number of likely N-dealkylation sites (tertiary alicyclic amines) is 2. The summed E-state index contributed by atoms with van der Waals surface area (Å²) < 4.78 is 25.5. The van der Waals surface area contributed by atoms with E-state index >= 15 is 4.39 Å². The van der Waals surface area contributed by atoms with Gasteiger partial charge in [0.05, 0.1) is 38.2 Å². The van der Waals surface area contributed by atoms with Crippen molar-refractivity contribution < 1.29 is 33.0 Å². The number of rotatable bonds is 10. The molecule has 4 N–H and O–H groups in total. The lowest BCUT2D eigenvalue weighted by molar-refractivity contribution is -0.137. The summed E-state index contributed by atoms with van der Waals surface area (Å²) in [6, 6.07) is 9.90. The molecule has 2 aliphatic heterocycles. The van der Waals surface area contributed by atoms with E-state index in [1.807, 2.05) is 72.1 Å². The number of methoxy groups -OCH3 is 2. The van der Waals surface area contributed by atoms with Crippen LogP contribution in [0.2, 0.25) is 5.15 Å². The average Bonchev–Trinajstić information content (AvgIpc) is 4.04. The summed E-state index contributed by atoms with van der Waals surface area (Å²) in [4.78, 5) is 71.6. The molecule has 0 bridgehead atoms. The van der Waals surface area contributed by atoms with Crippen molar-refractivity contribution in [2.45, 2.75) is 90.2 Å². The fourth-order valence-corrected chi connectivity index (χ4v) is 8.80. The lowest BCUT2D eigenvalue weighted by atomic mass is 9.85. The summed E-state index contributed by atoms with van der Waals surface area (Å²) in [6.07, 6.45) is 4.46. The molecule has 2 aromatic heterocycles. The predicted octanol–water partition coefficient (Wildman–Crippen LogP) is 8.14. The highest BCUT2D eigenvalue weighted by atomic mass is 35.5. The Balaban J connectivity index is 1.18. The molecule has 17 heteroatoms. The Morgan fingerprint density at radius 2 is 1.43 bits per heavy atom. The summed E-state index contributed by atoms with van der Waals surface area (Å²) in [7, 11) is 2.53. The van der Waals surface area contributed by atoms with E-state index in [2.05, 4.69) is 20.6 Å². The van der Waals surface area contributed by atoms with Gasteiger partial charge in [0, 0.05) is 29.5 Å². The van der Waals surface area contributed by atoms with Gasteiger partial charge in [-0.05, 0) is 53.5 Å². The smallest absolute Gasteiger partial charge is 0.407 e. The molecule has 0 spiro atoms. The minimum atomic E-state index is -0.832. The van der Waals surface area contributed by atoms with Crippen molar-refractivity contribution in [1.29, 1.82) is 0 Å². The maximum Gasteiger partial charge on any atom is 0.407 e. The minimum absolute atomic E-state index is 0.191. The number of halogens is 2. The number of thioether (sulfide) groups is 1. The van der Waals surface area contributed by atoms with Crippen LogP contribution in [0.25, 0.3) is 33.6 Å². The lowest BCUT2D eigenvalue weighted by Crippen LogP contribution is -2.54. The van der Waals surface area contributed by atoms with Crippen LogP contribution in [0.1, 0.15) is 84.5 Å². The number of nitrogens with zero attached hydrogens (tertiary/aromatic N) is 4. The molecule has 0 aliphatic carbocycles. The number of benzene rings is 2. The van der Waals surface area contributed by atoms with Crippen LogP contribution in [0.4, 0.5) is 14.0 Å². The molecule has 0 saturated carbocycles. The number of aromatic nitrogens is 4. The molecule has 2 aliphatic rings. The molecule has 4 amide bonds. The van der Waals surface area contributed by atoms with Crippen molar-refractivity contribution in [3.8, 4) is 33.6 Å². The topological polar surface area (TPSA) is 175 Å². The predicted molar refractivity (Wildman–Crippen MR) is 230 cm³/mol. The molecule has 5 unspecified atom stereocenters. The van der Waals surface area contributed by atoms with Crippen molar-refractivity contribution in [2.24, 2.45) is 10.8 Å². The van der Waals surface area contributed by atoms with E-state index in [0.717, 1.165) is 17.7 Å². The highest BCUT2D eigenvalue weighted by Gasteiger charge is 2.44. The normalized spacial score (nSPS) is 19.2. The third-order valence-corrected chi connectivity index (χ3v) is 12.5. The first-order valence-corrected chi connectivity index (χ1v) is 21.5. The quantitative estimate of drug-likeness (QED) is 0.123. The van der Waals surface area contributed by atoms with Crippen molar-refractivity contribution in [1.82, 2.24) is 40.4 Å². The first-order chi connectivity index (χ1) is 28.3. The Labute approximate surface area is 359 Å². The van der Waals surface area contributed by atoms with Crippen LogP contribution >= 0.6 is 23.4 Å². The minimum Gasteiger partial charge on any atom is -0.453 e. The Morgan fingerprint density at radius 1 is 0.850 bits per heavy atom. The standard InChI is InChI=1S/C43H54ClFN8O6S/c1-42(2,3)33(49-40(56)58-7)38(54)52-18-10-11-30(52)37-48-32(35(44)51-37)25-16-17-27(28(45)19-25)23-12-14-24(15-13-23)29-21-46-36(47-29)31-20-26(60-9)22-53(31)39(55)34(43(4,5)6)50-41(57)59-8/h12-17,19,21,26,30-31,33-34H,10-11,18,20,22H2,1-9H3,(H,46,47)(H,48,51)(H,49,56)(H,50,57). The van der Waals surface area contributed by atoms with Gasteiger partial charge < -0.3 is 39.9 Å². The molecule has 2 fully saturated rings. The molecule has 0 radical (unpaired) electrons. The van der Waals surface area contributed by atoms with Crippen LogP contribution in [-0.4, -0.2) is 105 Å². The first kappa shape index (κ1) is 44.5. The average molecular weight is 865 g/mol. The number of hydrogen-bond donors (Lipinski definition) is 4. The third kappa shape index (κ3) is 9.44. The second-order valence-corrected chi connectivity index (χ2v) is 18.9. The number of imidazole rings is 2. The summed E-state index contributed by atoms with van der Waals surface area (Å²) in [5, 5.41) is 5.83. The van der Waals surface area contributed by atoms with Gasteiger partial charge in [0.2, 0.25) is 11.8 Å². The molecule has 14 nitrogen and oxygen atoms in total. The van der Waals surface area contributed by atoms with Crippen LogP contribution in [0.15, 0.2) is 48.7 Å². The van der Waals surface area contributed by atoms with Crippen molar-refractivity contribution in [3.63, 3.8) is 0 Å². The summed E-state index contributed by atoms with van der Waals surface area (Å²) in [5.74, 6) is 0.205. The molecular formula is C43H54ClFN8O6S. The van der Waals surface area contributed by atoms with Gasteiger partial charge in [0.25, 0.3) is 0 Å². The Hall–Kier alpha value is -5.09. The maximum absolute atomic E-state index is 15.9. The SMILES string of the molecule is COC(=O)NC(C(=O)N1CC(SC)CC1c1ncc(-c2ccc(-c3ccc(-c4nc(C5CCCN5C(=O)C(NC(=O)OC)C(C)(C)C)[nH]c4Cl)cc3F)cc2)[nH]1)C(C)(C)C. The summed E-state index contributed by atoms with van der Waals surface area (Å²) in [5.41, 5.74) is 2.30. The van der Waals surface area contributed by atoms with E-state index in [1.165, 1.54) is 20.3 Å². The van der Waals surface area contributed by atoms with Gasteiger partial charge in [0.1, 0.15) is 40.4 Å². The largest absolute Gasteiger partial charge is 0.453 e. The number of alkyl carbamates (subject to hydrolysis) is 2. The molecular weight excluding hydrogens is 811 g/mol. The Bertz CT molecular complexity index is 2220. The molecule has 322 valence electrons. The summed E-state index contributed by atoms with van der Waals surface area (Å²) in [6.45, 7) is 12.3. The van der Waals surface area contributed by atoms with Gasteiger partial charge in [-0.1, -0.05) is 89.5 Å². The Morgan fingerprint density at radius 3 is 2.00 bits per heavy atom. The van der Waals surface area contributed by atoms with E-state index in [4.69, 9.17) is 31.0 Å². The first-order valence-electron chi connectivity index (χ1n) is 19.9. The van der Waals surface area contributed by atoms with Gasteiger partial charge in [-0.15, -0.1) is 0 Å². The van der Waals surface area contributed by atoms with E-state index in [-0.39, 0.29) is 28.3 Å². The fraction of sp³-hybridized carbons (Fsp3) is 0.488. The molecule has 4 heterocycles. The van der Waals surface area contributed by atoms with Gasteiger partial charge in [0.15, 0.2) is 0 Å². The molecule has 5 atom stereocenters. The van der Waals surface area contributed by atoms with Crippen LogP contribution in [0.3, 0.4) is 0 Å². The number of ether oxygens (including phenoxy) is 2. The number of carbonyl (C=O) groups is 4. The number of hydrogen-bond acceptors (Lipinski definition) is 9. The molecule has 6 rings (SSSR count). The number of H-pyrrole nitrogens is 2. The zero-order chi connectivity index (χ0) is 43.7. The monoisotopic (exact) mass is 864 g/mol. The van der Waals surface area contributed by atoms with Crippen LogP contribution in [-0.2, 0) is 19.1 Å². The fourth-order valence-electron chi connectivity index (χ4n) is 7.87. The number of aromatic amines is 2. The van der Waals surface area contributed by atoms with Gasteiger partial charge >= 0.3 is 12.2 Å². The zero-order valence-corrected chi connectivity index (χ0v) is 37.0. The van der Waals surface area contributed by atoms with Gasteiger partial charge in [-0.2, -0.15) is 11.8 Å². The number of nitrogens with one attached hydrogen (secondary N) is 4. The van der Waals surface area contributed by atoms with Gasteiger partial charge in [-0.3, -0.25) is 9.59 Å².